The van der Waals surface area contributed by atoms with Crippen LogP contribution < -0.4 is 0 Å². The molecule has 0 aromatic rings. The van der Waals surface area contributed by atoms with Crippen molar-refractivity contribution in [2.24, 2.45) is 5.92 Å². The summed E-state index contributed by atoms with van der Waals surface area (Å²) in [5.74, 6) is 0.488. The van der Waals surface area contributed by atoms with Crippen molar-refractivity contribution >= 4 is 19.2 Å². The van der Waals surface area contributed by atoms with Crippen molar-refractivity contribution in [3.63, 3.8) is 0 Å². The molecule has 0 bridgehead atoms. The zero-order chi connectivity index (χ0) is 17.3. The van der Waals surface area contributed by atoms with Crippen LogP contribution in [0.1, 0.15) is 73.6 Å². The maximum absolute atomic E-state index is 12.8. The first-order chi connectivity index (χ1) is 10.8. The Hall–Kier alpha value is -0.0271. The molecular formula is C19H36GeO3. The van der Waals surface area contributed by atoms with Gasteiger partial charge in [0.1, 0.15) is 0 Å². The molecule has 2 atom stereocenters. The molecule has 1 saturated heterocycles. The standard InChI is InChI=1S/C19H36GeO3/c1-7-20(8-2,9-3)19(15-13-11-10-12-14-15)16(22-19)17(21)23-18(4,5)6/h15-16H,7-14H2,1-6H3/t16-,19-/m0/s1. The number of epoxide rings is 1. The molecule has 0 aromatic carbocycles. The van der Waals surface area contributed by atoms with Crippen molar-refractivity contribution in [3.05, 3.63) is 0 Å². The van der Waals surface area contributed by atoms with Crippen molar-refractivity contribution in [2.45, 2.75) is 106 Å². The predicted octanol–water partition coefficient (Wildman–Crippen LogP) is 5.09. The first-order valence-electron chi connectivity index (χ1n) is 9.67. The average molecular weight is 385 g/mol. The summed E-state index contributed by atoms with van der Waals surface area (Å²) in [4.78, 5) is 12.8. The molecule has 0 unspecified atom stereocenters. The fourth-order valence-electron chi connectivity index (χ4n) is 5.00. The number of hydrogen-bond donors (Lipinski definition) is 0. The average Bonchev–Trinajstić information content (AvgIpc) is 3.26. The molecule has 0 radical (unpaired) electrons. The van der Waals surface area contributed by atoms with Crippen molar-refractivity contribution in [1.82, 2.24) is 0 Å². The molecule has 0 N–H and O–H groups in total. The van der Waals surface area contributed by atoms with Gasteiger partial charge in [0, 0.05) is 0 Å². The Morgan fingerprint density at radius 3 is 2.04 bits per heavy atom. The molecule has 0 amide bonds. The molecule has 23 heavy (non-hydrogen) atoms. The van der Waals surface area contributed by atoms with Crippen LogP contribution in [-0.4, -0.2) is 35.4 Å². The Morgan fingerprint density at radius 1 is 1.09 bits per heavy atom. The van der Waals surface area contributed by atoms with Gasteiger partial charge in [-0.3, -0.25) is 0 Å². The van der Waals surface area contributed by atoms with Gasteiger partial charge >= 0.3 is 145 Å². The van der Waals surface area contributed by atoms with Crippen molar-refractivity contribution in [3.8, 4) is 0 Å². The molecule has 2 aliphatic rings. The van der Waals surface area contributed by atoms with Crippen LogP contribution in [0.3, 0.4) is 0 Å². The predicted molar refractivity (Wildman–Crippen MR) is 97.2 cm³/mol. The summed E-state index contributed by atoms with van der Waals surface area (Å²) in [6.45, 7) is 12.9. The van der Waals surface area contributed by atoms with Gasteiger partial charge in [0.25, 0.3) is 0 Å². The van der Waals surface area contributed by atoms with E-state index in [1.54, 1.807) is 0 Å². The molecule has 4 heteroatoms. The monoisotopic (exact) mass is 386 g/mol. The summed E-state index contributed by atoms with van der Waals surface area (Å²) in [5, 5.41) is 3.76. The minimum atomic E-state index is -2.25. The summed E-state index contributed by atoms with van der Waals surface area (Å²) in [6.07, 6.45) is 6.15. The summed E-state index contributed by atoms with van der Waals surface area (Å²) in [5.41, 5.74) is -0.429. The van der Waals surface area contributed by atoms with Gasteiger partial charge in [-0.05, 0) is 0 Å². The second kappa shape index (κ2) is 7.07. The number of carbonyl (C=O) groups excluding carboxylic acids is 1. The van der Waals surface area contributed by atoms with Gasteiger partial charge in [-0.25, -0.2) is 0 Å². The van der Waals surface area contributed by atoms with E-state index < -0.39 is 18.9 Å². The van der Waals surface area contributed by atoms with Gasteiger partial charge in [0.15, 0.2) is 0 Å². The third-order valence-corrected chi connectivity index (χ3v) is 20.0. The van der Waals surface area contributed by atoms with Gasteiger partial charge in [0.05, 0.1) is 0 Å². The van der Waals surface area contributed by atoms with Crippen molar-refractivity contribution in [2.75, 3.05) is 0 Å². The van der Waals surface area contributed by atoms with Gasteiger partial charge in [0.2, 0.25) is 0 Å². The normalized spacial score (nSPS) is 29.4. The Kier molecular flexibility index (Phi) is 5.93. The third-order valence-electron chi connectivity index (χ3n) is 6.34. The van der Waals surface area contributed by atoms with Crippen LogP contribution >= 0.6 is 0 Å². The van der Waals surface area contributed by atoms with Crippen LogP contribution in [0, 0.1) is 5.92 Å². The van der Waals surface area contributed by atoms with Crippen molar-refractivity contribution < 1.29 is 14.3 Å². The van der Waals surface area contributed by atoms with Gasteiger partial charge in [-0.15, -0.1) is 0 Å². The number of ether oxygens (including phenoxy) is 2. The molecule has 134 valence electrons. The number of esters is 1. The van der Waals surface area contributed by atoms with E-state index in [4.69, 9.17) is 9.47 Å². The number of hydrogen-bond acceptors (Lipinski definition) is 3. The molecule has 1 heterocycles. The first-order valence-corrected chi connectivity index (χ1v) is 15.2. The molecule has 1 aliphatic heterocycles. The van der Waals surface area contributed by atoms with Gasteiger partial charge < -0.3 is 0 Å². The Morgan fingerprint density at radius 2 is 1.61 bits per heavy atom. The molecule has 1 saturated carbocycles. The molecule has 2 fully saturated rings. The fraction of sp³-hybridized carbons (Fsp3) is 0.947. The molecule has 1 aliphatic carbocycles. The number of carbonyl (C=O) groups is 1. The second-order valence-corrected chi connectivity index (χ2v) is 20.0. The summed E-state index contributed by atoms with van der Waals surface area (Å²) in [7, 11) is 0. The van der Waals surface area contributed by atoms with E-state index in [9.17, 15) is 4.79 Å². The first kappa shape index (κ1) is 19.3. The van der Waals surface area contributed by atoms with Crippen LogP contribution in [0.15, 0.2) is 0 Å². The molecule has 3 nitrogen and oxygen atoms in total. The topological polar surface area (TPSA) is 38.8 Å². The molecular weight excluding hydrogens is 349 g/mol. The Balaban J connectivity index is 2.30. The van der Waals surface area contributed by atoms with Crippen LogP contribution in [0.2, 0.25) is 15.8 Å². The van der Waals surface area contributed by atoms with Gasteiger partial charge in [-0.1, -0.05) is 0 Å². The SMILES string of the molecule is C[CH2][Ge]([CH2]C)([CH2]C)[C@@]1(C2CCCCC2)O[C@H]1C(=O)OC(C)(C)C. The molecule has 0 aromatic heterocycles. The second-order valence-electron chi connectivity index (χ2n) is 8.50. The quantitative estimate of drug-likeness (QED) is 0.363. The summed E-state index contributed by atoms with van der Waals surface area (Å²) >= 11 is -2.25. The fourth-order valence-corrected chi connectivity index (χ4v) is 16.2. The van der Waals surface area contributed by atoms with Crippen LogP contribution in [-0.2, 0) is 14.3 Å². The van der Waals surface area contributed by atoms with E-state index in [1.807, 2.05) is 20.8 Å². The Labute approximate surface area is 145 Å². The van der Waals surface area contributed by atoms with E-state index in [-0.39, 0.29) is 16.5 Å². The maximum atomic E-state index is 12.8. The summed E-state index contributed by atoms with van der Waals surface area (Å²) < 4.78 is 12.0. The Bertz CT molecular complexity index is 411. The third kappa shape index (κ3) is 3.51. The van der Waals surface area contributed by atoms with Crippen LogP contribution in [0.4, 0.5) is 0 Å². The zero-order valence-corrected chi connectivity index (χ0v) is 18.1. The number of rotatable bonds is 6. The van der Waals surface area contributed by atoms with E-state index in [2.05, 4.69) is 20.8 Å². The van der Waals surface area contributed by atoms with Gasteiger partial charge in [-0.2, -0.15) is 0 Å². The van der Waals surface area contributed by atoms with E-state index in [0.29, 0.717) is 5.92 Å². The van der Waals surface area contributed by atoms with E-state index in [1.165, 1.54) is 47.9 Å². The van der Waals surface area contributed by atoms with Crippen molar-refractivity contribution in [1.29, 1.82) is 0 Å². The zero-order valence-electron chi connectivity index (χ0n) is 16.0. The van der Waals surface area contributed by atoms with Crippen LogP contribution in [0.25, 0.3) is 0 Å². The molecule has 2 rings (SSSR count). The minimum absolute atomic E-state index is 0.0962. The van der Waals surface area contributed by atoms with Crippen LogP contribution in [0.5, 0.6) is 0 Å². The summed E-state index contributed by atoms with van der Waals surface area (Å²) in [6, 6.07) is 0. The molecule has 0 spiro atoms. The van der Waals surface area contributed by atoms with E-state index >= 15 is 0 Å². The van der Waals surface area contributed by atoms with E-state index in [0.717, 1.165) is 0 Å².